The van der Waals surface area contributed by atoms with Gasteiger partial charge in [-0.1, -0.05) is 6.07 Å². The molecule has 1 aromatic rings. The lowest BCUT2D eigenvalue weighted by Crippen LogP contribution is -2.39. The SMILES string of the molecule is Nc1cc(C2CNC2)ccc1O. The molecular weight excluding hydrogens is 152 g/mol. The zero-order chi connectivity index (χ0) is 8.55. The number of phenols is 1. The van der Waals surface area contributed by atoms with Crippen LogP contribution in [0.2, 0.25) is 0 Å². The van der Waals surface area contributed by atoms with E-state index in [2.05, 4.69) is 5.32 Å². The lowest BCUT2D eigenvalue weighted by atomic mass is 9.93. The summed E-state index contributed by atoms with van der Waals surface area (Å²) in [5, 5.41) is 12.4. The molecule has 0 bridgehead atoms. The lowest BCUT2D eigenvalue weighted by molar-refractivity contribution is 0.446. The predicted octanol–water partition coefficient (Wildman–Crippen LogP) is 0.661. The van der Waals surface area contributed by atoms with E-state index >= 15 is 0 Å². The maximum Gasteiger partial charge on any atom is 0.138 e. The Kier molecular flexibility index (Phi) is 1.66. The lowest BCUT2D eigenvalue weighted by Gasteiger charge is -2.27. The van der Waals surface area contributed by atoms with E-state index in [9.17, 15) is 5.11 Å². The first-order chi connectivity index (χ1) is 5.77. The number of hydrogen-bond donors (Lipinski definition) is 3. The number of nitrogens with two attached hydrogens (primary N) is 1. The normalized spacial score (nSPS) is 17.3. The van der Waals surface area contributed by atoms with Gasteiger partial charge >= 0.3 is 0 Å². The van der Waals surface area contributed by atoms with Gasteiger partial charge in [-0.05, 0) is 17.7 Å². The highest BCUT2D eigenvalue weighted by Gasteiger charge is 2.18. The molecule has 2 rings (SSSR count). The summed E-state index contributed by atoms with van der Waals surface area (Å²) < 4.78 is 0. The van der Waals surface area contributed by atoms with Crippen LogP contribution < -0.4 is 11.1 Å². The van der Waals surface area contributed by atoms with Crippen LogP contribution in [0.15, 0.2) is 18.2 Å². The Balaban J connectivity index is 2.27. The van der Waals surface area contributed by atoms with Gasteiger partial charge in [0.15, 0.2) is 0 Å². The first-order valence-electron chi connectivity index (χ1n) is 4.06. The molecule has 0 spiro atoms. The number of hydrogen-bond acceptors (Lipinski definition) is 3. The minimum absolute atomic E-state index is 0.172. The zero-order valence-electron chi connectivity index (χ0n) is 6.75. The molecule has 0 aliphatic carbocycles. The monoisotopic (exact) mass is 164 g/mol. The molecular formula is C9H12N2O. The van der Waals surface area contributed by atoms with Gasteiger partial charge in [-0.25, -0.2) is 0 Å². The molecule has 3 heteroatoms. The van der Waals surface area contributed by atoms with Crippen LogP contribution in [-0.4, -0.2) is 18.2 Å². The van der Waals surface area contributed by atoms with Crippen LogP contribution in [-0.2, 0) is 0 Å². The number of nitrogens with one attached hydrogen (secondary N) is 1. The molecule has 0 aromatic heterocycles. The predicted molar refractivity (Wildman–Crippen MR) is 48.1 cm³/mol. The van der Waals surface area contributed by atoms with Crippen LogP contribution in [0, 0.1) is 0 Å². The molecule has 4 N–H and O–H groups in total. The van der Waals surface area contributed by atoms with Crippen molar-refractivity contribution < 1.29 is 5.11 Å². The van der Waals surface area contributed by atoms with E-state index in [-0.39, 0.29) is 5.75 Å². The van der Waals surface area contributed by atoms with E-state index in [1.54, 1.807) is 6.07 Å². The van der Waals surface area contributed by atoms with Crippen molar-refractivity contribution in [1.82, 2.24) is 5.32 Å². The summed E-state index contributed by atoms with van der Waals surface area (Å²) >= 11 is 0. The summed E-state index contributed by atoms with van der Waals surface area (Å²) in [5.74, 6) is 0.749. The molecule has 1 aromatic carbocycles. The first-order valence-corrected chi connectivity index (χ1v) is 4.06. The molecule has 1 heterocycles. The number of rotatable bonds is 1. The molecule has 3 nitrogen and oxygen atoms in total. The van der Waals surface area contributed by atoms with Crippen molar-refractivity contribution in [1.29, 1.82) is 0 Å². The summed E-state index contributed by atoms with van der Waals surface area (Å²) in [5.41, 5.74) is 7.25. The Morgan fingerprint density at radius 3 is 2.67 bits per heavy atom. The quantitative estimate of drug-likeness (QED) is 0.422. The third-order valence-electron chi connectivity index (χ3n) is 2.30. The van der Waals surface area contributed by atoms with Gasteiger partial charge in [0.2, 0.25) is 0 Å². The van der Waals surface area contributed by atoms with Crippen LogP contribution in [0.3, 0.4) is 0 Å². The summed E-state index contributed by atoms with van der Waals surface area (Å²) in [7, 11) is 0. The molecule has 1 aliphatic rings. The highest BCUT2D eigenvalue weighted by Crippen LogP contribution is 2.26. The second-order valence-corrected chi connectivity index (χ2v) is 3.17. The maximum atomic E-state index is 9.18. The third kappa shape index (κ3) is 1.12. The molecule has 12 heavy (non-hydrogen) atoms. The average molecular weight is 164 g/mol. The van der Waals surface area contributed by atoms with E-state index in [0.717, 1.165) is 13.1 Å². The average Bonchev–Trinajstić information content (AvgIpc) is 1.93. The van der Waals surface area contributed by atoms with Crippen molar-refractivity contribution in [3.05, 3.63) is 23.8 Å². The molecule has 64 valence electrons. The highest BCUT2D eigenvalue weighted by atomic mass is 16.3. The second kappa shape index (κ2) is 2.68. The van der Waals surface area contributed by atoms with Gasteiger partial charge in [0.05, 0.1) is 5.69 Å². The molecule has 1 fully saturated rings. The Bertz CT molecular complexity index is 295. The van der Waals surface area contributed by atoms with Crippen LogP contribution in [0.4, 0.5) is 5.69 Å². The van der Waals surface area contributed by atoms with Crippen molar-refractivity contribution in [3.8, 4) is 5.75 Å². The summed E-state index contributed by atoms with van der Waals surface area (Å²) in [6.07, 6.45) is 0. The van der Waals surface area contributed by atoms with Crippen LogP contribution in [0.1, 0.15) is 11.5 Å². The van der Waals surface area contributed by atoms with E-state index in [1.807, 2.05) is 12.1 Å². The van der Waals surface area contributed by atoms with Gasteiger partial charge in [-0.15, -0.1) is 0 Å². The van der Waals surface area contributed by atoms with E-state index in [0.29, 0.717) is 11.6 Å². The van der Waals surface area contributed by atoms with E-state index < -0.39 is 0 Å². The molecule has 1 saturated heterocycles. The number of phenolic OH excluding ortho intramolecular Hbond substituents is 1. The fourth-order valence-electron chi connectivity index (χ4n) is 1.35. The third-order valence-corrected chi connectivity index (χ3v) is 2.30. The molecule has 0 atom stereocenters. The van der Waals surface area contributed by atoms with Gasteiger partial charge in [-0.3, -0.25) is 0 Å². The van der Waals surface area contributed by atoms with Crippen molar-refractivity contribution >= 4 is 5.69 Å². The van der Waals surface area contributed by atoms with Gasteiger partial charge < -0.3 is 16.2 Å². The van der Waals surface area contributed by atoms with Gasteiger partial charge in [-0.2, -0.15) is 0 Å². The fraction of sp³-hybridized carbons (Fsp3) is 0.333. The van der Waals surface area contributed by atoms with Crippen molar-refractivity contribution in [2.45, 2.75) is 5.92 Å². The Morgan fingerprint density at radius 1 is 1.42 bits per heavy atom. The van der Waals surface area contributed by atoms with Crippen molar-refractivity contribution in [2.75, 3.05) is 18.8 Å². The Hall–Kier alpha value is -1.22. The Labute approximate surface area is 71.2 Å². The molecule has 0 radical (unpaired) electrons. The van der Waals surface area contributed by atoms with Crippen molar-refractivity contribution in [3.63, 3.8) is 0 Å². The van der Waals surface area contributed by atoms with E-state index in [4.69, 9.17) is 5.73 Å². The number of aromatic hydroxyl groups is 1. The molecule has 0 amide bonds. The molecule has 1 aliphatic heterocycles. The summed E-state index contributed by atoms with van der Waals surface area (Å²) in [6.45, 7) is 2.04. The molecule has 0 unspecified atom stereocenters. The number of benzene rings is 1. The fourth-order valence-corrected chi connectivity index (χ4v) is 1.35. The minimum Gasteiger partial charge on any atom is -0.506 e. The summed E-state index contributed by atoms with van der Waals surface area (Å²) in [6, 6.07) is 5.43. The number of anilines is 1. The van der Waals surface area contributed by atoms with E-state index in [1.165, 1.54) is 5.56 Å². The topological polar surface area (TPSA) is 58.3 Å². The molecule has 0 saturated carbocycles. The highest BCUT2D eigenvalue weighted by molar-refractivity contribution is 5.54. The summed E-state index contributed by atoms with van der Waals surface area (Å²) in [4.78, 5) is 0. The smallest absolute Gasteiger partial charge is 0.138 e. The van der Waals surface area contributed by atoms with Gasteiger partial charge in [0.1, 0.15) is 5.75 Å². The Morgan fingerprint density at radius 2 is 2.17 bits per heavy atom. The van der Waals surface area contributed by atoms with Crippen LogP contribution >= 0.6 is 0 Å². The zero-order valence-corrected chi connectivity index (χ0v) is 6.75. The largest absolute Gasteiger partial charge is 0.506 e. The van der Waals surface area contributed by atoms with Crippen LogP contribution in [0.5, 0.6) is 5.75 Å². The number of nitrogen functional groups attached to an aromatic ring is 1. The standard InChI is InChI=1S/C9H12N2O/c10-8-3-6(1-2-9(8)12)7-4-11-5-7/h1-3,7,11-12H,4-5,10H2. The second-order valence-electron chi connectivity index (χ2n) is 3.17. The first kappa shape index (κ1) is 7.43. The maximum absolute atomic E-state index is 9.18. The van der Waals surface area contributed by atoms with Gasteiger partial charge in [0, 0.05) is 19.0 Å². The van der Waals surface area contributed by atoms with Crippen LogP contribution in [0.25, 0.3) is 0 Å². The van der Waals surface area contributed by atoms with Crippen molar-refractivity contribution in [2.24, 2.45) is 0 Å². The minimum atomic E-state index is 0.172. The van der Waals surface area contributed by atoms with Gasteiger partial charge in [0.25, 0.3) is 0 Å².